The van der Waals surface area contributed by atoms with E-state index in [4.69, 9.17) is 14.2 Å². The Morgan fingerprint density at radius 3 is 2.66 bits per heavy atom. The van der Waals surface area contributed by atoms with Gasteiger partial charge in [-0.25, -0.2) is 0 Å². The predicted molar refractivity (Wildman–Crippen MR) is 115 cm³/mol. The third kappa shape index (κ3) is 6.98. The summed E-state index contributed by atoms with van der Waals surface area (Å²) < 4.78 is 17.1. The number of nitrogens with one attached hydrogen (secondary N) is 2. The minimum atomic E-state index is -0.140. The molecule has 0 spiro atoms. The van der Waals surface area contributed by atoms with Crippen molar-refractivity contribution in [1.29, 1.82) is 0 Å². The molecule has 0 bridgehead atoms. The third-order valence-corrected chi connectivity index (χ3v) is 4.50. The summed E-state index contributed by atoms with van der Waals surface area (Å²) in [6, 6.07) is 15.1. The molecule has 2 aromatic carbocycles. The summed E-state index contributed by atoms with van der Waals surface area (Å²) in [4.78, 5) is 12.4. The van der Waals surface area contributed by atoms with Crippen LogP contribution in [0.3, 0.4) is 0 Å². The lowest BCUT2D eigenvalue weighted by Gasteiger charge is -2.15. The van der Waals surface area contributed by atoms with Gasteiger partial charge in [-0.2, -0.15) is 0 Å². The van der Waals surface area contributed by atoms with E-state index in [1.807, 2.05) is 48.5 Å². The van der Waals surface area contributed by atoms with Gasteiger partial charge in [-0.15, -0.1) is 0 Å². The van der Waals surface area contributed by atoms with Crippen LogP contribution >= 0.6 is 0 Å². The van der Waals surface area contributed by atoms with Crippen LogP contribution in [0.5, 0.6) is 11.5 Å². The second kappa shape index (κ2) is 10.7. The fraction of sp³-hybridized carbons (Fsp3) is 0.435. The van der Waals surface area contributed by atoms with Crippen molar-refractivity contribution in [1.82, 2.24) is 0 Å². The number of para-hydroxylation sites is 2. The molecule has 6 heteroatoms. The highest BCUT2D eigenvalue weighted by Gasteiger charge is 2.17. The molecule has 1 aliphatic rings. The molecule has 1 atom stereocenters. The number of carbonyl (C=O) groups excluding carboxylic acids is 1. The maximum atomic E-state index is 12.4. The Bertz CT molecular complexity index is 771. The van der Waals surface area contributed by atoms with Crippen LogP contribution in [0.15, 0.2) is 48.5 Å². The summed E-state index contributed by atoms with van der Waals surface area (Å²) in [5.74, 6) is 1.82. The molecule has 0 aliphatic carbocycles. The van der Waals surface area contributed by atoms with Crippen LogP contribution in [0.4, 0.5) is 11.4 Å². The van der Waals surface area contributed by atoms with E-state index in [9.17, 15) is 4.79 Å². The Kier molecular flexibility index (Phi) is 7.76. The van der Waals surface area contributed by atoms with Crippen molar-refractivity contribution in [2.75, 3.05) is 37.0 Å². The van der Waals surface area contributed by atoms with E-state index >= 15 is 0 Å². The molecule has 1 unspecified atom stereocenters. The molecular weight excluding hydrogens is 368 g/mol. The van der Waals surface area contributed by atoms with Crippen molar-refractivity contribution in [3.8, 4) is 11.5 Å². The molecule has 1 saturated heterocycles. The number of rotatable bonds is 10. The molecule has 1 heterocycles. The minimum absolute atomic E-state index is 0.132. The average Bonchev–Trinajstić information content (AvgIpc) is 3.24. The average molecular weight is 399 g/mol. The quantitative estimate of drug-likeness (QED) is 0.623. The van der Waals surface area contributed by atoms with E-state index in [0.717, 1.165) is 30.9 Å². The Labute approximate surface area is 172 Å². The molecular formula is C23H30N2O4. The Balaban J connectivity index is 1.46. The number of ether oxygens (including phenoxy) is 3. The van der Waals surface area contributed by atoms with Crippen LogP contribution in [0.1, 0.15) is 26.7 Å². The smallest absolute Gasteiger partial charge is 0.243 e. The summed E-state index contributed by atoms with van der Waals surface area (Å²) in [7, 11) is 0. The first kappa shape index (κ1) is 21.0. The van der Waals surface area contributed by atoms with Gasteiger partial charge in [0.05, 0.1) is 24.9 Å². The summed E-state index contributed by atoms with van der Waals surface area (Å²) >= 11 is 0. The summed E-state index contributed by atoms with van der Waals surface area (Å²) in [5, 5.41) is 6.03. The first-order chi connectivity index (χ1) is 14.1. The maximum Gasteiger partial charge on any atom is 0.243 e. The van der Waals surface area contributed by atoms with Gasteiger partial charge < -0.3 is 24.8 Å². The van der Waals surface area contributed by atoms with Crippen molar-refractivity contribution in [3.63, 3.8) is 0 Å². The molecule has 2 aromatic rings. The first-order valence-corrected chi connectivity index (χ1v) is 10.2. The first-order valence-electron chi connectivity index (χ1n) is 10.2. The second-order valence-electron chi connectivity index (χ2n) is 7.57. The van der Waals surface area contributed by atoms with Crippen LogP contribution < -0.4 is 20.1 Å². The Morgan fingerprint density at radius 2 is 1.93 bits per heavy atom. The van der Waals surface area contributed by atoms with Gasteiger partial charge in [0.2, 0.25) is 5.91 Å². The molecule has 0 aromatic heterocycles. The van der Waals surface area contributed by atoms with Crippen molar-refractivity contribution in [2.24, 2.45) is 5.92 Å². The van der Waals surface area contributed by atoms with Crippen molar-refractivity contribution >= 4 is 17.3 Å². The molecule has 1 aliphatic heterocycles. The fourth-order valence-corrected chi connectivity index (χ4v) is 2.96. The molecule has 1 amide bonds. The molecule has 1 fully saturated rings. The lowest BCUT2D eigenvalue weighted by atomic mass is 10.2. The second-order valence-corrected chi connectivity index (χ2v) is 7.57. The van der Waals surface area contributed by atoms with Crippen LogP contribution in [0, 0.1) is 5.92 Å². The number of benzene rings is 2. The Morgan fingerprint density at radius 1 is 1.14 bits per heavy atom. The van der Waals surface area contributed by atoms with Gasteiger partial charge in [0.25, 0.3) is 0 Å². The number of amides is 1. The van der Waals surface area contributed by atoms with Crippen molar-refractivity contribution in [2.45, 2.75) is 32.8 Å². The number of anilines is 2. The molecule has 6 nitrogen and oxygen atoms in total. The van der Waals surface area contributed by atoms with E-state index in [1.54, 1.807) is 0 Å². The lowest BCUT2D eigenvalue weighted by molar-refractivity contribution is -0.114. The zero-order chi connectivity index (χ0) is 20.5. The predicted octanol–water partition coefficient (Wildman–Crippen LogP) is 4.33. The topological polar surface area (TPSA) is 68.8 Å². The standard InChI is InChI=1S/C23H30N2O4/c1-17(2)15-28-19-11-9-18(10-12-19)24-14-23(26)25-21-7-3-4-8-22(21)29-16-20-6-5-13-27-20/h3-4,7-12,17,20,24H,5-6,13-16H2,1-2H3,(H,25,26). The minimum Gasteiger partial charge on any atom is -0.493 e. The molecule has 3 rings (SSSR count). The summed E-state index contributed by atoms with van der Waals surface area (Å²) in [6.45, 7) is 6.36. The van der Waals surface area contributed by atoms with Gasteiger partial charge in [0.1, 0.15) is 18.1 Å². The molecule has 156 valence electrons. The van der Waals surface area contributed by atoms with Gasteiger partial charge >= 0.3 is 0 Å². The Hall–Kier alpha value is -2.73. The van der Waals surface area contributed by atoms with Crippen LogP contribution in [-0.2, 0) is 9.53 Å². The van der Waals surface area contributed by atoms with Crippen LogP contribution in [0.25, 0.3) is 0 Å². The van der Waals surface area contributed by atoms with E-state index in [0.29, 0.717) is 30.6 Å². The maximum absolute atomic E-state index is 12.4. The van der Waals surface area contributed by atoms with Gasteiger partial charge in [-0.3, -0.25) is 4.79 Å². The fourth-order valence-electron chi connectivity index (χ4n) is 2.96. The molecule has 0 saturated carbocycles. The lowest BCUT2D eigenvalue weighted by Crippen LogP contribution is -2.22. The van der Waals surface area contributed by atoms with E-state index in [1.165, 1.54) is 0 Å². The monoisotopic (exact) mass is 398 g/mol. The van der Waals surface area contributed by atoms with Crippen LogP contribution in [0.2, 0.25) is 0 Å². The van der Waals surface area contributed by atoms with Crippen molar-refractivity contribution in [3.05, 3.63) is 48.5 Å². The van der Waals surface area contributed by atoms with Crippen LogP contribution in [-0.4, -0.2) is 38.4 Å². The molecule has 2 N–H and O–H groups in total. The SMILES string of the molecule is CC(C)COc1ccc(NCC(=O)Nc2ccccc2OCC2CCCO2)cc1. The van der Waals surface area contributed by atoms with Crippen molar-refractivity contribution < 1.29 is 19.0 Å². The largest absolute Gasteiger partial charge is 0.493 e. The van der Waals surface area contributed by atoms with Gasteiger partial charge in [-0.05, 0) is 55.2 Å². The number of hydrogen-bond acceptors (Lipinski definition) is 5. The molecule has 29 heavy (non-hydrogen) atoms. The zero-order valence-corrected chi connectivity index (χ0v) is 17.1. The summed E-state index contributed by atoms with van der Waals surface area (Å²) in [6.07, 6.45) is 2.22. The number of carbonyl (C=O) groups is 1. The molecule has 0 radical (unpaired) electrons. The van der Waals surface area contributed by atoms with Gasteiger partial charge in [0.15, 0.2) is 0 Å². The number of hydrogen-bond donors (Lipinski definition) is 2. The highest BCUT2D eigenvalue weighted by molar-refractivity contribution is 5.95. The third-order valence-electron chi connectivity index (χ3n) is 4.50. The van der Waals surface area contributed by atoms with E-state index in [-0.39, 0.29) is 18.6 Å². The normalized spacial score (nSPS) is 15.9. The highest BCUT2D eigenvalue weighted by atomic mass is 16.5. The van der Waals surface area contributed by atoms with Gasteiger partial charge in [0, 0.05) is 12.3 Å². The zero-order valence-electron chi connectivity index (χ0n) is 17.1. The van der Waals surface area contributed by atoms with E-state index < -0.39 is 0 Å². The van der Waals surface area contributed by atoms with E-state index in [2.05, 4.69) is 24.5 Å². The summed E-state index contributed by atoms with van der Waals surface area (Å²) in [5.41, 5.74) is 1.52. The van der Waals surface area contributed by atoms with Gasteiger partial charge in [-0.1, -0.05) is 26.0 Å². The highest BCUT2D eigenvalue weighted by Crippen LogP contribution is 2.25.